The minimum atomic E-state index is -0.996. The summed E-state index contributed by atoms with van der Waals surface area (Å²) in [5.41, 5.74) is 0.248. The van der Waals surface area contributed by atoms with Crippen molar-refractivity contribution in [2.45, 2.75) is 6.04 Å². The molecule has 1 unspecified atom stereocenters. The van der Waals surface area contributed by atoms with E-state index in [1.54, 1.807) is 0 Å². The summed E-state index contributed by atoms with van der Waals surface area (Å²) in [4.78, 5) is 18.9. The van der Waals surface area contributed by atoms with Crippen LogP contribution in [0.5, 0.6) is 11.5 Å². The van der Waals surface area contributed by atoms with E-state index < -0.39 is 12.0 Å². The molecule has 0 radical (unpaired) electrons. The standard InChI is InChI=1S/C13H16N2O6S/c16-1-2-20-3-4-21-8-5-10(17)11(14-6-8)12-15-9(7-22-12)13(18)19/h5-6,9,16-17H,1-4,7H2,(H,18,19). The van der Waals surface area contributed by atoms with E-state index >= 15 is 0 Å². The molecule has 1 atom stereocenters. The van der Waals surface area contributed by atoms with Crippen molar-refractivity contribution in [3.63, 3.8) is 0 Å². The fourth-order valence-corrected chi connectivity index (χ4v) is 2.72. The maximum atomic E-state index is 10.9. The third-order valence-electron chi connectivity index (χ3n) is 2.71. The minimum absolute atomic E-state index is 0.0475. The van der Waals surface area contributed by atoms with Crippen LogP contribution in [0.1, 0.15) is 5.69 Å². The van der Waals surface area contributed by atoms with E-state index in [-0.39, 0.29) is 31.3 Å². The highest BCUT2D eigenvalue weighted by Crippen LogP contribution is 2.29. The first-order valence-corrected chi connectivity index (χ1v) is 7.54. The molecule has 2 rings (SSSR count). The Morgan fingerprint density at radius 2 is 2.23 bits per heavy atom. The van der Waals surface area contributed by atoms with Crippen LogP contribution in [0, 0.1) is 0 Å². The van der Waals surface area contributed by atoms with Gasteiger partial charge in [0.15, 0.2) is 6.04 Å². The summed E-state index contributed by atoms with van der Waals surface area (Å²) in [6, 6.07) is 0.590. The SMILES string of the molecule is O=C(O)C1CSC(c2ncc(OCCOCCO)cc2O)=N1. The normalized spacial score (nSPS) is 17.3. The zero-order chi connectivity index (χ0) is 15.9. The predicted molar refractivity (Wildman–Crippen MR) is 79.7 cm³/mol. The predicted octanol–water partition coefficient (Wildman–Crippen LogP) is 0.121. The van der Waals surface area contributed by atoms with Gasteiger partial charge < -0.3 is 24.8 Å². The van der Waals surface area contributed by atoms with Gasteiger partial charge in [-0.25, -0.2) is 9.78 Å². The molecule has 0 fully saturated rings. The summed E-state index contributed by atoms with van der Waals surface area (Å²) in [5.74, 6) is -0.421. The lowest BCUT2D eigenvalue weighted by atomic mass is 10.3. The first-order chi connectivity index (χ1) is 10.6. The van der Waals surface area contributed by atoms with Crippen LogP contribution in [0.15, 0.2) is 17.3 Å². The maximum Gasteiger partial charge on any atom is 0.329 e. The number of aliphatic carboxylic acids is 1. The molecule has 120 valence electrons. The number of carboxylic acid groups (broad SMARTS) is 1. The second kappa shape index (κ2) is 7.97. The Balaban J connectivity index is 1.95. The van der Waals surface area contributed by atoms with Crippen LogP contribution >= 0.6 is 11.8 Å². The quantitative estimate of drug-likeness (QED) is 0.575. The van der Waals surface area contributed by atoms with Crippen molar-refractivity contribution in [2.24, 2.45) is 4.99 Å². The van der Waals surface area contributed by atoms with E-state index in [0.717, 1.165) is 0 Å². The van der Waals surface area contributed by atoms with Crippen LogP contribution in [-0.2, 0) is 9.53 Å². The molecule has 0 spiro atoms. The van der Waals surface area contributed by atoms with Gasteiger partial charge in [0, 0.05) is 11.8 Å². The molecule has 2 heterocycles. The molecule has 1 aromatic rings. The van der Waals surface area contributed by atoms with Crippen molar-refractivity contribution < 1.29 is 29.6 Å². The molecule has 9 heteroatoms. The maximum absolute atomic E-state index is 10.9. The number of nitrogens with zero attached hydrogens (tertiary/aromatic N) is 2. The highest BCUT2D eigenvalue weighted by atomic mass is 32.2. The van der Waals surface area contributed by atoms with Gasteiger partial charge in [-0.15, -0.1) is 11.8 Å². The molecule has 1 aliphatic rings. The van der Waals surface area contributed by atoms with Crippen molar-refractivity contribution in [3.05, 3.63) is 18.0 Å². The van der Waals surface area contributed by atoms with Crippen molar-refractivity contribution in [1.29, 1.82) is 0 Å². The number of pyridine rings is 1. The number of aromatic hydroxyl groups is 1. The summed E-state index contributed by atoms with van der Waals surface area (Å²) < 4.78 is 10.4. The van der Waals surface area contributed by atoms with Gasteiger partial charge in [0.25, 0.3) is 0 Å². The second-order valence-corrected chi connectivity index (χ2v) is 5.33. The summed E-state index contributed by atoms with van der Waals surface area (Å²) in [7, 11) is 0. The molecule has 1 aromatic heterocycles. The van der Waals surface area contributed by atoms with Crippen LogP contribution < -0.4 is 4.74 Å². The van der Waals surface area contributed by atoms with Crippen LogP contribution in [0.4, 0.5) is 0 Å². The lowest BCUT2D eigenvalue weighted by Crippen LogP contribution is -2.17. The average molecular weight is 328 g/mol. The van der Waals surface area contributed by atoms with E-state index in [0.29, 0.717) is 23.2 Å². The Hall–Kier alpha value is -1.84. The van der Waals surface area contributed by atoms with E-state index in [9.17, 15) is 9.90 Å². The lowest BCUT2D eigenvalue weighted by Gasteiger charge is -2.08. The Kier molecular flexibility index (Phi) is 5.99. The van der Waals surface area contributed by atoms with E-state index in [2.05, 4.69) is 9.98 Å². The summed E-state index contributed by atoms with van der Waals surface area (Å²) in [6.07, 6.45) is 1.43. The monoisotopic (exact) mass is 328 g/mol. The number of carbonyl (C=O) groups is 1. The topological polar surface area (TPSA) is 121 Å². The zero-order valence-corrected chi connectivity index (χ0v) is 12.5. The van der Waals surface area contributed by atoms with Gasteiger partial charge in [-0.3, -0.25) is 4.99 Å². The van der Waals surface area contributed by atoms with Gasteiger partial charge in [0.1, 0.15) is 28.8 Å². The van der Waals surface area contributed by atoms with Crippen molar-refractivity contribution in [2.75, 3.05) is 32.2 Å². The number of aliphatic imine (C=N–C) groups is 1. The molecule has 8 nitrogen and oxygen atoms in total. The van der Waals surface area contributed by atoms with Crippen LogP contribution in [0.3, 0.4) is 0 Å². The highest BCUT2D eigenvalue weighted by Gasteiger charge is 2.27. The van der Waals surface area contributed by atoms with Crippen molar-refractivity contribution >= 4 is 22.8 Å². The lowest BCUT2D eigenvalue weighted by molar-refractivity contribution is -0.137. The van der Waals surface area contributed by atoms with Crippen LogP contribution in [-0.4, -0.2) is 69.5 Å². The Morgan fingerprint density at radius 1 is 1.41 bits per heavy atom. The minimum Gasteiger partial charge on any atom is -0.505 e. The molecule has 0 bridgehead atoms. The van der Waals surface area contributed by atoms with E-state index in [1.165, 1.54) is 24.0 Å². The van der Waals surface area contributed by atoms with Gasteiger partial charge in [-0.1, -0.05) is 0 Å². The molecular formula is C13H16N2O6S. The van der Waals surface area contributed by atoms with E-state index in [4.69, 9.17) is 19.7 Å². The first-order valence-electron chi connectivity index (χ1n) is 6.56. The molecule has 0 aliphatic carbocycles. The number of aliphatic hydroxyl groups excluding tert-OH is 1. The van der Waals surface area contributed by atoms with Gasteiger partial charge in [0.2, 0.25) is 0 Å². The fraction of sp³-hybridized carbons (Fsp3) is 0.462. The number of carboxylic acids is 1. The average Bonchev–Trinajstić information content (AvgIpc) is 2.97. The van der Waals surface area contributed by atoms with Gasteiger partial charge >= 0.3 is 5.97 Å². The van der Waals surface area contributed by atoms with E-state index in [1.807, 2.05) is 0 Å². The zero-order valence-electron chi connectivity index (χ0n) is 11.6. The molecule has 0 aromatic carbocycles. The number of thioether (sulfide) groups is 1. The number of ether oxygens (including phenoxy) is 2. The highest BCUT2D eigenvalue weighted by molar-refractivity contribution is 8.14. The number of rotatable bonds is 8. The Morgan fingerprint density at radius 3 is 2.86 bits per heavy atom. The first kappa shape index (κ1) is 16.5. The smallest absolute Gasteiger partial charge is 0.329 e. The molecule has 1 aliphatic heterocycles. The molecular weight excluding hydrogens is 312 g/mol. The molecule has 3 N–H and O–H groups in total. The molecule has 0 saturated carbocycles. The third-order valence-corrected chi connectivity index (χ3v) is 3.77. The van der Waals surface area contributed by atoms with Crippen LogP contribution in [0.25, 0.3) is 0 Å². The summed E-state index contributed by atoms with van der Waals surface area (Å²) >= 11 is 1.24. The Labute approximate surface area is 130 Å². The van der Waals surface area contributed by atoms with Crippen molar-refractivity contribution in [3.8, 4) is 11.5 Å². The Bertz CT molecular complexity index is 565. The number of aliphatic hydroxyl groups is 1. The molecule has 22 heavy (non-hydrogen) atoms. The molecule has 0 saturated heterocycles. The fourth-order valence-electron chi connectivity index (χ4n) is 1.69. The van der Waals surface area contributed by atoms with Gasteiger partial charge in [-0.2, -0.15) is 0 Å². The number of aromatic nitrogens is 1. The number of hydrogen-bond donors (Lipinski definition) is 3. The number of hydrogen-bond acceptors (Lipinski definition) is 8. The van der Waals surface area contributed by atoms with Crippen molar-refractivity contribution in [1.82, 2.24) is 4.98 Å². The summed E-state index contributed by atoms with van der Waals surface area (Å²) in [5, 5.41) is 27.8. The third kappa shape index (κ3) is 4.33. The molecule has 0 amide bonds. The summed E-state index contributed by atoms with van der Waals surface area (Å²) in [6.45, 7) is 0.769. The largest absolute Gasteiger partial charge is 0.505 e. The van der Waals surface area contributed by atoms with Crippen LogP contribution in [0.2, 0.25) is 0 Å². The second-order valence-electron chi connectivity index (χ2n) is 4.32. The van der Waals surface area contributed by atoms with Gasteiger partial charge in [-0.05, 0) is 0 Å². The van der Waals surface area contributed by atoms with Gasteiger partial charge in [0.05, 0.1) is 26.0 Å².